The predicted molar refractivity (Wildman–Crippen MR) is 81.3 cm³/mol. The zero-order chi connectivity index (χ0) is 16.2. The fourth-order valence-electron chi connectivity index (χ4n) is 3.71. The molecule has 112 valence electrons. The average molecular weight is 361 g/mol. The standard InChI is InChI=1S/C15H13BrN4O2/c1-21-15(22-2)14(8-18)11(9-4-3-5-10(16)6-9)13(14,7-17)12(19)20-15/h3-6,11H,1-2H3,(H2,19,20)/t11-,13-,14-/m1/s1. The van der Waals surface area contributed by atoms with Gasteiger partial charge in [-0.3, -0.25) is 0 Å². The minimum atomic E-state index is -1.57. The lowest BCUT2D eigenvalue weighted by molar-refractivity contribution is -0.230. The molecule has 3 atom stereocenters. The largest absolute Gasteiger partial charge is 0.386 e. The Balaban J connectivity index is 2.26. The van der Waals surface area contributed by atoms with Gasteiger partial charge in [0.1, 0.15) is 11.3 Å². The second-order valence-electron chi connectivity index (χ2n) is 5.31. The number of fused-ring (bicyclic) bond motifs is 1. The van der Waals surface area contributed by atoms with Crippen molar-refractivity contribution >= 4 is 21.8 Å². The van der Waals surface area contributed by atoms with E-state index in [9.17, 15) is 10.5 Å². The number of nitriles is 2. The molecule has 0 saturated heterocycles. The molecule has 1 heterocycles. The van der Waals surface area contributed by atoms with Crippen molar-refractivity contribution in [3.63, 3.8) is 0 Å². The Kier molecular flexibility index (Phi) is 3.09. The Labute approximate surface area is 136 Å². The number of amidine groups is 1. The molecule has 22 heavy (non-hydrogen) atoms. The summed E-state index contributed by atoms with van der Waals surface area (Å²) in [6.07, 6.45) is 0. The number of methoxy groups -OCH3 is 2. The number of aliphatic imine (C=N–C) groups is 1. The Hall–Kier alpha value is -1.93. The monoisotopic (exact) mass is 360 g/mol. The second-order valence-corrected chi connectivity index (χ2v) is 6.23. The lowest BCUT2D eigenvalue weighted by atomic mass is 9.93. The minimum Gasteiger partial charge on any atom is -0.386 e. The maximum Gasteiger partial charge on any atom is 0.292 e. The van der Waals surface area contributed by atoms with E-state index in [-0.39, 0.29) is 5.84 Å². The maximum absolute atomic E-state index is 9.88. The molecule has 0 unspecified atom stereocenters. The van der Waals surface area contributed by atoms with Gasteiger partial charge < -0.3 is 15.2 Å². The smallest absolute Gasteiger partial charge is 0.292 e. The summed E-state index contributed by atoms with van der Waals surface area (Å²) in [6, 6.07) is 11.8. The number of hydrogen-bond acceptors (Lipinski definition) is 6. The third-order valence-corrected chi connectivity index (χ3v) is 5.16. The molecule has 0 aromatic heterocycles. The molecule has 6 nitrogen and oxygen atoms in total. The lowest BCUT2D eigenvalue weighted by Crippen LogP contribution is -2.41. The van der Waals surface area contributed by atoms with Crippen LogP contribution in [0, 0.1) is 33.5 Å². The summed E-state index contributed by atoms with van der Waals surface area (Å²) in [5.74, 6) is -1.97. The summed E-state index contributed by atoms with van der Waals surface area (Å²) in [7, 11) is 2.78. The van der Waals surface area contributed by atoms with Gasteiger partial charge in [0.15, 0.2) is 5.41 Å². The van der Waals surface area contributed by atoms with Crippen LogP contribution in [0.1, 0.15) is 11.5 Å². The molecule has 1 aliphatic heterocycles. The highest BCUT2D eigenvalue weighted by atomic mass is 79.9. The SMILES string of the molecule is COC1(OC)N=C(N)[C@@]2(C#N)[C@@H](c3cccc(Br)c3)[C@@]12C#N. The summed E-state index contributed by atoms with van der Waals surface area (Å²) in [4.78, 5) is 4.17. The van der Waals surface area contributed by atoms with E-state index in [4.69, 9.17) is 15.2 Å². The summed E-state index contributed by atoms with van der Waals surface area (Å²) < 4.78 is 11.7. The number of halogens is 1. The van der Waals surface area contributed by atoms with Crippen LogP contribution in [0.4, 0.5) is 0 Å². The van der Waals surface area contributed by atoms with Crippen molar-refractivity contribution < 1.29 is 9.47 Å². The molecule has 0 bridgehead atoms. The molecule has 1 saturated carbocycles. The van der Waals surface area contributed by atoms with Crippen LogP contribution in [-0.4, -0.2) is 26.0 Å². The summed E-state index contributed by atoms with van der Waals surface area (Å²) >= 11 is 3.41. The molecule has 0 spiro atoms. The molecular formula is C15H13BrN4O2. The van der Waals surface area contributed by atoms with Crippen LogP contribution in [0.3, 0.4) is 0 Å². The van der Waals surface area contributed by atoms with Gasteiger partial charge in [-0.1, -0.05) is 28.1 Å². The molecule has 0 radical (unpaired) electrons. The van der Waals surface area contributed by atoms with Gasteiger partial charge in [-0.25, -0.2) is 4.99 Å². The lowest BCUT2D eigenvalue weighted by Gasteiger charge is -2.29. The number of rotatable bonds is 3. The normalized spacial score (nSPS) is 34.2. The van der Waals surface area contributed by atoms with Crippen LogP contribution >= 0.6 is 15.9 Å². The third kappa shape index (κ3) is 1.32. The first-order valence-corrected chi connectivity index (χ1v) is 7.33. The van der Waals surface area contributed by atoms with Gasteiger partial charge in [0.25, 0.3) is 5.91 Å². The molecule has 1 aliphatic carbocycles. The second kappa shape index (κ2) is 4.53. The summed E-state index contributed by atoms with van der Waals surface area (Å²) in [5, 5.41) is 19.7. The van der Waals surface area contributed by atoms with E-state index in [1.165, 1.54) is 14.2 Å². The number of hydrogen-bond donors (Lipinski definition) is 1. The van der Waals surface area contributed by atoms with E-state index >= 15 is 0 Å². The van der Waals surface area contributed by atoms with Gasteiger partial charge in [-0.05, 0) is 17.7 Å². The Morgan fingerprint density at radius 2 is 1.95 bits per heavy atom. The van der Waals surface area contributed by atoms with E-state index in [0.29, 0.717) is 0 Å². The van der Waals surface area contributed by atoms with Crippen molar-refractivity contribution in [2.75, 3.05) is 14.2 Å². The van der Waals surface area contributed by atoms with Gasteiger partial charge in [-0.2, -0.15) is 10.5 Å². The van der Waals surface area contributed by atoms with Gasteiger partial charge in [0, 0.05) is 24.6 Å². The molecule has 1 fully saturated rings. The van der Waals surface area contributed by atoms with Gasteiger partial charge in [-0.15, -0.1) is 0 Å². The fourth-order valence-corrected chi connectivity index (χ4v) is 4.12. The van der Waals surface area contributed by atoms with Crippen molar-refractivity contribution in [2.45, 2.75) is 11.8 Å². The summed E-state index contributed by atoms with van der Waals surface area (Å²) in [6.45, 7) is 0. The summed E-state index contributed by atoms with van der Waals surface area (Å²) in [5.41, 5.74) is 4.29. The van der Waals surface area contributed by atoms with Crippen LogP contribution in [0.5, 0.6) is 0 Å². The van der Waals surface area contributed by atoms with Crippen LogP contribution in [-0.2, 0) is 9.47 Å². The molecule has 2 N–H and O–H groups in total. The number of ether oxygens (including phenoxy) is 2. The highest BCUT2D eigenvalue weighted by Crippen LogP contribution is 2.81. The first kappa shape index (κ1) is 15.0. The average Bonchev–Trinajstić information content (AvgIpc) is 3.11. The van der Waals surface area contributed by atoms with Crippen LogP contribution < -0.4 is 5.73 Å². The van der Waals surface area contributed by atoms with Gasteiger partial charge in [0.05, 0.1) is 12.1 Å². The molecular weight excluding hydrogens is 348 g/mol. The zero-order valence-corrected chi connectivity index (χ0v) is 13.6. The number of nitrogens with zero attached hydrogens (tertiary/aromatic N) is 3. The molecule has 7 heteroatoms. The van der Waals surface area contributed by atoms with E-state index in [2.05, 4.69) is 33.1 Å². The predicted octanol–water partition coefficient (Wildman–Crippen LogP) is 1.88. The third-order valence-electron chi connectivity index (χ3n) is 4.66. The maximum atomic E-state index is 9.88. The molecule has 3 rings (SSSR count). The van der Waals surface area contributed by atoms with Crippen LogP contribution in [0.2, 0.25) is 0 Å². The Bertz CT molecular complexity index is 762. The fraction of sp³-hybridized carbons (Fsp3) is 0.400. The molecule has 1 aromatic carbocycles. The highest BCUT2D eigenvalue weighted by Gasteiger charge is 2.93. The Morgan fingerprint density at radius 1 is 1.27 bits per heavy atom. The first-order valence-electron chi connectivity index (χ1n) is 6.53. The van der Waals surface area contributed by atoms with E-state index in [0.717, 1.165) is 10.0 Å². The van der Waals surface area contributed by atoms with Crippen molar-refractivity contribution in [1.82, 2.24) is 0 Å². The molecule has 1 aromatic rings. The van der Waals surface area contributed by atoms with E-state index in [1.54, 1.807) is 0 Å². The van der Waals surface area contributed by atoms with Crippen molar-refractivity contribution in [3.05, 3.63) is 34.3 Å². The number of benzene rings is 1. The first-order chi connectivity index (χ1) is 10.5. The topological polar surface area (TPSA) is 104 Å². The van der Waals surface area contributed by atoms with Gasteiger partial charge in [0.2, 0.25) is 0 Å². The minimum absolute atomic E-state index is 0.0743. The molecule has 2 aliphatic rings. The highest BCUT2D eigenvalue weighted by molar-refractivity contribution is 9.10. The zero-order valence-electron chi connectivity index (χ0n) is 12.0. The quantitative estimate of drug-likeness (QED) is 0.828. The Morgan fingerprint density at radius 3 is 2.45 bits per heavy atom. The molecule has 0 amide bonds. The van der Waals surface area contributed by atoms with E-state index < -0.39 is 22.7 Å². The van der Waals surface area contributed by atoms with Crippen molar-refractivity contribution in [3.8, 4) is 12.1 Å². The van der Waals surface area contributed by atoms with Crippen LogP contribution in [0.25, 0.3) is 0 Å². The van der Waals surface area contributed by atoms with Crippen LogP contribution in [0.15, 0.2) is 33.7 Å². The van der Waals surface area contributed by atoms with Crippen molar-refractivity contribution in [2.24, 2.45) is 21.6 Å². The number of nitrogens with two attached hydrogens (primary N) is 1. The van der Waals surface area contributed by atoms with E-state index in [1.807, 2.05) is 24.3 Å². The van der Waals surface area contributed by atoms with Gasteiger partial charge >= 0.3 is 0 Å². The van der Waals surface area contributed by atoms with Crippen molar-refractivity contribution in [1.29, 1.82) is 10.5 Å².